The summed E-state index contributed by atoms with van der Waals surface area (Å²) in [5, 5.41) is 5.24. The van der Waals surface area contributed by atoms with Crippen molar-refractivity contribution in [2.45, 2.75) is 12.7 Å². The summed E-state index contributed by atoms with van der Waals surface area (Å²) in [6.07, 6.45) is -4.49. The van der Waals surface area contributed by atoms with Crippen LogP contribution in [0.4, 0.5) is 13.2 Å². The van der Waals surface area contributed by atoms with Gasteiger partial charge in [-0.05, 0) is 24.3 Å². The van der Waals surface area contributed by atoms with E-state index in [-0.39, 0.29) is 12.2 Å². The maximum absolute atomic E-state index is 12.8. The summed E-state index contributed by atoms with van der Waals surface area (Å²) in [6, 6.07) is 13.7. The van der Waals surface area contributed by atoms with Gasteiger partial charge in [-0.25, -0.2) is 4.68 Å². The number of hydrogen-bond acceptors (Lipinski definition) is 2. The lowest BCUT2D eigenvalue weighted by atomic mass is 10.1. The smallest absolute Gasteiger partial charge is 0.324 e. The van der Waals surface area contributed by atoms with Crippen LogP contribution >= 0.6 is 23.2 Å². The highest BCUT2D eigenvalue weighted by atomic mass is 35.5. The predicted molar refractivity (Wildman–Crippen MR) is 99.8 cm³/mol. The molecule has 1 amide bonds. The number of nitrogens with zero attached hydrogens (tertiary/aromatic N) is 3. The minimum absolute atomic E-state index is 0.00544. The van der Waals surface area contributed by atoms with Crippen LogP contribution in [-0.4, -0.2) is 33.3 Å². The van der Waals surface area contributed by atoms with Crippen LogP contribution in [0.2, 0.25) is 10.0 Å². The lowest BCUT2D eigenvalue weighted by Crippen LogP contribution is -2.34. The van der Waals surface area contributed by atoms with Gasteiger partial charge in [0.25, 0.3) is 5.91 Å². The minimum atomic E-state index is -4.49. The number of benzene rings is 2. The molecule has 0 N–H and O–H groups in total. The quantitative estimate of drug-likeness (QED) is 0.566. The summed E-state index contributed by atoms with van der Waals surface area (Å²) in [5.74, 6) is -0.756. The van der Waals surface area contributed by atoms with Crippen molar-refractivity contribution < 1.29 is 18.0 Å². The van der Waals surface area contributed by atoms with E-state index in [1.807, 2.05) is 0 Å². The molecular formula is C19H12Cl2F3N3O. The molecule has 1 aromatic heterocycles. The molecule has 0 fully saturated rings. The number of halogens is 5. The van der Waals surface area contributed by atoms with Crippen LogP contribution in [0.1, 0.15) is 16.1 Å². The molecule has 3 aromatic rings. The summed E-state index contributed by atoms with van der Waals surface area (Å²) < 4.78 is 40.0. The topological polar surface area (TPSA) is 38.1 Å². The monoisotopic (exact) mass is 425 g/mol. The maximum atomic E-state index is 12.8. The summed E-state index contributed by atoms with van der Waals surface area (Å²) in [7, 11) is 0. The summed E-state index contributed by atoms with van der Waals surface area (Å²) >= 11 is 12.3. The van der Waals surface area contributed by atoms with Gasteiger partial charge in [0.05, 0.1) is 22.9 Å². The summed E-state index contributed by atoms with van der Waals surface area (Å²) in [5.41, 5.74) is 2.13. The molecule has 28 heavy (non-hydrogen) atoms. The highest BCUT2D eigenvalue weighted by Crippen LogP contribution is 2.37. The van der Waals surface area contributed by atoms with Crippen molar-refractivity contribution in [1.29, 1.82) is 0 Å². The van der Waals surface area contributed by atoms with Gasteiger partial charge in [-0.3, -0.25) is 4.79 Å². The minimum Gasteiger partial charge on any atom is -0.324 e. The normalized spacial score (nSPS) is 13.9. The van der Waals surface area contributed by atoms with Gasteiger partial charge in [-0.2, -0.15) is 18.3 Å². The fourth-order valence-corrected chi connectivity index (χ4v) is 3.57. The van der Waals surface area contributed by atoms with Gasteiger partial charge in [0.2, 0.25) is 0 Å². The van der Waals surface area contributed by atoms with Crippen LogP contribution in [0.5, 0.6) is 0 Å². The molecule has 0 spiro atoms. The molecule has 0 unspecified atom stereocenters. The van der Waals surface area contributed by atoms with Crippen LogP contribution in [0.15, 0.2) is 48.5 Å². The molecule has 0 radical (unpaired) electrons. The van der Waals surface area contributed by atoms with Crippen molar-refractivity contribution >= 4 is 29.1 Å². The Morgan fingerprint density at radius 3 is 2.36 bits per heavy atom. The molecule has 1 aliphatic heterocycles. The lowest BCUT2D eigenvalue weighted by Gasteiger charge is -2.19. The number of hydrogen-bond donors (Lipinski definition) is 0. The zero-order valence-electron chi connectivity index (χ0n) is 14.2. The number of alkyl halides is 3. The van der Waals surface area contributed by atoms with Crippen LogP contribution in [0.3, 0.4) is 0 Å². The number of amides is 1. The Bertz CT molecular complexity index is 1060. The zero-order valence-corrected chi connectivity index (χ0v) is 15.7. The molecule has 144 valence electrons. The number of aromatic nitrogens is 2. The lowest BCUT2D eigenvalue weighted by molar-refractivity contribution is -0.141. The van der Waals surface area contributed by atoms with E-state index < -0.39 is 18.6 Å². The van der Waals surface area contributed by atoms with Gasteiger partial charge >= 0.3 is 6.18 Å². The van der Waals surface area contributed by atoms with Crippen LogP contribution in [0.25, 0.3) is 16.9 Å². The highest BCUT2D eigenvalue weighted by molar-refractivity contribution is 6.32. The Kier molecular flexibility index (Phi) is 4.59. The average Bonchev–Trinajstić information content (AvgIpc) is 3.12. The molecular weight excluding hydrogens is 414 g/mol. The van der Waals surface area contributed by atoms with E-state index in [4.69, 9.17) is 23.2 Å². The Hall–Kier alpha value is -2.51. The molecule has 2 aromatic carbocycles. The Balaban J connectivity index is 1.88. The van der Waals surface area contributed by atoms with Gasteiger partial charge in [0.15, 0.2) is 5.69 Å². The molecule has 0 saturated carbocycles. The Morgan fingerprint density at radius 2 is 1.71 bits per heavy atom. The third-order valence-electron chi connectivity index (χ3n) is 4.39. The largest absolute Gasteiger partial charge is 0.406 e. The van der Waals surface area contributed by atoms with Crippen molar-refractivity contribution in [2.24, 2.45) is 0 Å². The van der Waals surface area contributed by atoms with E-state index in [9.17, 15) is 18.0 Å². The zero-order chi connectivity index (χ0) is 20.1. The van der Waals surface area contributed by atoms with E-state index in [2.05, 4.69) is 5.10 Å². The third kappa shape index (κ3) is 3.36. The summed E-state index contributed by atoms with van der Waals surface area (Å²) in [6.45, 7) is -1.51. The number of rotatable bonds is 3. The van der Waals surface area contributed by atoms with Gasteiger partial charge in [0, 0.05) is 16.1 Å². The third-order valence-corrected chi connectivity index (χ3v) is 4.96. The fraction of sp³-hybridized carbons (Fsp3) is 0.158. The van der Waals surface area contributed by atoms with Crippen molar-refractivity contribution in [3.05, 3.63) is 69.8 Å². The first-order chi connectivity index (χ1) is 13.2. The Labute approximate surface area is 168 Å². The average molecular weight is 426 g/mol. The van der Waals surface area contributed by atoms with Gasteiger partial charge < -0.3 is 4.90 Å². The van der Waals surface area contributed by atoms with Crippen LogP contribution < -0.4 is 0 Å². The van der Waals surface area contributed by atoms with E-state index in [1.165, 1.54) is 4.68 Å². The molecule has 0 atom stereocenters. The second kappa shape index (κ2) is 6.83. The number of para-hydroxylation sites is 1. The van der Waals surface area contributed by atoms with Crippen molar-refractivity contribution in [3.63, 3.8) is 0 Å². The first-order valence-electron chi connectivity index (χ1n) is 8.23. The predicted octanol–water partition coefficient (Wildman–Crippen LogP) is 5.36. The van der Waals surface area contributed by atoms with Crippen molar-refractivity contribution in [3.8, 4) is 16.9 Å². The van der Waals surface area contributed by atoms with Crippen molar-refractivity contribution in [1.82, 2.24) is 14.7 Å². The second-order valence-corrected chi connectivity index (χ2v) is 7.17. The van der Waals surface area contributed by atoms with Gasteiger partial charge in [-0.1, -0.05) is 47.5 Å². The van der Waals surface area contributed by atoms with E-state index in [1.54, 1.807) is 48.5 Å². The molecule has 9 heteroatoms. The van der Waals surface area contributed by atoms with Crippen LogP contribution in [0, 0.1) is 0 Å². The van der Waals surface area contributed by atoms with Crippen LogP contribution in [-0.2, 0) is 6.54 Å². The van der Waals surface area contributed by atoms with Gasteiger partial charge in [0.1, 0.15) is 6.54 Å². The molecule has 1 aliphatic rings. The Morgan fingerprint density at radius 1 is 1.04 bits per heavy atom. The first kappa shape index (κ1) is 18.8. The maximum Gasteiger partial charge on any atom is 0.406 e. The highest BCUT2D eigenvalue weighted by Gasteiger charge is 2.41. The SMILES string of the molecule is O=C1c2nn(-c3ccccc3Cl)c(-c3ccc(Cl)cc3)c2CN1CC(F)(F)F. The number of carbonyl (C=O) groups excluding carboxylic acids is 1. The molecule has 0 bridgehead atoms. The first-order valence-corrected chi connectivity index (χ1v) is 8.99. The van der Waals surface area contributed by atoms with E-state index >= 15 is 0 Å². The number of carbonyl (C=O) groups is 1. The molecule has 4 nitrogen and oxygen atoms in total. The molecule has 4 rings (SSSR count). The molecule has 0 saturated heterocycles. The number of fused-ring (bicyclic) bond motifs is 1. The standard InChI is InChI=1S/C19H12Cl2F3N3O/c20-12-7-5-11(6-8-12)17-13-9-26(10-19(22,23)24)18(28)16(13)25-27(17)15-4-2-1-3-14(15)21/h1-8H,9-10H2. The van der Waals surface area contributed by atoms with Gasteiger partial charge in [-0.15, -0.1) is 0 Å². The van der Waals surface area contributed by atoms with E-state index in [0.717, 1.165) is 4.90 Å². The second-order valence-electron chi connectivity index (χ2n) is 6.32. The summed E-state index contributed by atoms with van der Waals surface area (Å²) in [4.78, 5) is 13.3. The molecule has 2 heterocycles. The van der Waals surface area contributed by atoms with Crippen molar-refractivity contribution in [2.75, 3.05) is 6.54 Å². The van der Waals surface area contributed by atoms with E-state index in [0.29, 0.717) is 32.6 Å². The molecule has 0 aliphatic carbocycles. The fourth-order valence-electron chi connectivity index (χ4n) is 3.23.